The average Bonchev–Trinajstić information content (AvgIpc) is 2.40. The van der Waals surface area contributed by atoms with Crippen LogP contribution in [0.5, 0.6) is 0 Å². The third-order valence-corrected chi connectivity index (χ3v) is 2.88. The van der Waals surface area contributed by atoms with E-state index in [9.17, 15) is 4.79 Å². The number of amides is 1. The van der Waals surface area contributed by atoms with Crippen LogP contribution in [0.1, 0.15) is 38.5 Å². The lowest BCUT2D eigenvalue weighted by Gasteiger charge is -2.21. The molecule has 2 aliphatic heterocycles. The van der Waals surface area contributed by atoms with Gasteiger partial charge < -0.3 is 4.90 Å². The second kappa shape index (κ2) is 2.84. The fourth-order valence-corrected chi connectivity index (χ4v) is 2.26. The van der Waals surface area contributed by atoms with Gasteiger partial charge in [0.2, 0.25) is 5.91 Å². The highest BCUT2D eigenvalue weighted by molar-refractivity contribution is 5.77. The summed E-state index contributed by atoms with van der Waals surface area (Å²) in [5, 5.41) is 0. The molecule has 2 fully saturated rings. The van der Waals surface area contributed by atoms with E-state index in [1.165, 1.54) is 25.7 Å². The zero-order valence-electron chi connectivity index (χ0n) is 6.88. The van der Waals surface area contributed by atoms with Crippen molar-refractivity contribution in [3.63, 3.8) is 0 Å². The van der Waals surface area contributed by atoms with Gasteiger partial charge in [0.15, 0.2) is 0 Å². The van der Waals surface area contributed by atoms with Gasteiger partial charge in [-0.3, -0.25) is 4.79 Å². The standard InChI is InChI=1S/C9H15NO/c11-9-6-2-1-4-8-5-3-7-10(8)9/h8H,1-7H2/t8-/m1/s1. The summed E-state index contributed by atoms with van der Waals surface area (Å²) in [7, 11) is 0. The second-order valence-electron chi connectivity index (χ2n) is 3.63. The van der Waals surface area contributed by atoms with Gasteiger partial charge in [0.25, 0.3) is 0 Å². The highest BCUT2D eigenvalue weighted by Crippen LogP contribution is 2.26. The first kappa shape index (κ1) is 7.14. The van der Waals surface area contributed by atoms with Gasteiger partial charge >= 0.3 is 0 Å². The molecule has 1 amide bonds. The van der Waals surface area contributed by atoms with Crippen LogP contribution in [0.25, 0.3) is 0 Å². The summed E-state index contributed by atoms with van der Waals surface area (Å²) in [6.07, 6.45) is 6.92. The molecule has 2 saturated heterocycles. The molecule has 0 aromatic carbocycles. The van der Waals surface area contributed by atoms with Crippen LogP contribution in [0.15, 0.2) is 0 Å². The van der Waals surface area contributed by atoms with Crippen molar-refractivity contribution in [1.29, 1.82) is 0 Å². The molecule has 0 N–H and O–H groups in total. The van der Waals surface area contributed by atoms with Gasteiger partial charge in [-0.1, -0.05) is 6.42 Å². The predicted octanol–water partition coefficient (Wildman–Crippen LogP) is 1.55. The van der Waals surface area contributed by atoms with Crippen molar-refractivity contribution in [2.75, 3.05) is 6.54 Å². The van der Waals surface area contributed by atoms with Crippen LogP contribution in [0, 0.1) is 0 Å². The Labute approximate surface area is 67.6 Å². The first-order chi connectivity index (χ1) is 5.38. The lowest BCUT2D eigenvalue weighted by Crippen LogP contribution is -2.33. The minimum atomic E-state index is 0.407. The Kier molecular flexibility index (Phi) is 1.84. The third kappa shape index (κ3) is 1.26. The summed E-state index contributed by atoms with van der Waals surface area (Å²) >= 11 is 0. The molecule has 0 unspecified atom stereocenters. The zero-order valence-corrected chi connectivity index (χ0v) is 6.88. The summed E-state index contributed by atoms with van der Waals surface area (Å²) in [6.45, 7) is 1.03. The van der Waals surface area contributed by atoms with Crippen molar-refractivity contribution < 1.29 is 4.79 Å². The molecule has 1 atom stereocenters. The van der Waals surface area contributed by atoms with Crippen molar-refractivity contribution in [3.8, 4) is 0 Å². The van der Waals surface area contributed by atoms with Crippen LogP contribution in [0.3, 0.4) is 0 Å². The maximum absolute atomic E-state index is 11.4. The predicted molar refractivity (Wildman–Crippen MR) is 43.2 cm³/mol. The molecule has 11 heavy (non-hydrogen) atoms. The minimum absolute atomic E-state index is 0.407. The highest BCUT2D eigenvalue weighted by atomic mass is 16.2. The molecule has 0 aromatic rings. The summed E-state index contributed by atoms with van der Waals surface area (Å²) in [6, 6.07) is 0.616. The van der Waals surface area contributed by atoms with Crippen LogP contribution >= 0.6 is 0 Å². The quantitative estimate of drug-likeness (QED) is 0.517. The Morgan fingerprint density at radius 1 is 1.18 bits per heavy atom. The van der Waals surface area contributed by atoms with Crippen molar-refractivity contribution in [1.82, 2.24) is 4.90 Å². The Balaban J connectivity index is 2.09. The van der Waals surface area contributed by atoms with E-state index in [-0.39, 0.29) is 0 Å². The normalized spacial score (nSPS) is 31.8. The fraction of sp³-hybridized carbons (Fsp3) is 0.889. The van der Waals surface area contributed by atoms with E-state index in [2.05, 4.69) is 4.90 Å². The number of hydrogen-bond acceptors (Lipinski definition) is 1. The Morgan fingerprint density at radius 3 is 2.91 bits per heavy atom. The van der Waals surface area contributed by atoms with Crippen molar-refractivity contribution in [2.45, 2.75) is 44.6 Å². The van der Waals surface area contributed by atoms with Gasteiger partial charge in [-0.15, -0.1) is 0 Å². The van der Waals surface area contributed by atoms with Gasteiger partial charge in [-0.2, -0.15) is 0 Å². The minimum Gasteiger partial charge on any atom is -0.340 e. The van der Waals surface area contributed by atoms with Crippen molar-refractivity contribution in [3.05, 3.63) is 0 Å². The summed E-state index contributed by atoms with van der Waals surface area (Å²) in [5.41, 5.74) is 0. The van der Waals surface area contributed by atoms with Crippen LogP contribution in [-0.2, 0) is 4.79 Å². The van der Waals surface area contributed by atoms with Crippen molar-refractivity contribution in [2.24, 2.45) is 0 Å². The van der Waals surface area contributed by atoms with E-state index in [1.54, 1.807) is 0 Å². The monoisotopic (exact) mass is 153 g/mol. The van der Waals surface area contributed by atoms with Crippen LogP contribution in [-0.4, -0.2) is 23.4 Å². The number of carbonyl (C=O) groups excluding carboxylic acids is 1. The first-order valence-corrected chi connectivity index (χ1v) is 4.67. The number of hydrogen-bond donors (Lipinski definition) is 0. The van der Waals surface area contributed by atoms with E-state index in [0.717, 1.165) is 19.4 Å². The number of carbonyl (C=O) groups is 1. The SMILES string of the molecule is O=C1CCCC[C@@H]2CCCN12. The molecule has 0 aliphatic carbocycles. The maximum Gasteiger partial charge on any atom is 0.222 e. The molecule has 2 rings (SSSR count). The van der Waals surface area contributed by atoms with E-state index < -0.39 is 0 Å². The molecule has 0 bridgehead atoms. The van der Waals surface area contributed by atoms with E-state index >= 15 is 0 Å². The molecule has 0 aromatic heterocycles. The molecule has 0 saturated carbocycles. The molecule has 2 heterocycles. The summed E-state index contributed by atoms with van der Waals surface area (Å²) in [5.74, 6) is 0.407. The fourth-order valence-electron chi connectivity index (χ4n) is 2.26. The third-order valence-electron chi connectivity index (χ3n) is 2.88. The van der Waals surface area contributed by atoms with E-state index in [0.29, 0.717) is 11.9 Å². The number of fused-ring (bicyclic) bond motifs is 1. The topological polar surface area (TPSA) is 20.3 Å². The Morgan fingerprint density at radius 2 is 2.00 bits per heavy atom. The van der Waals surface area contributed by atoms with Gasteiger partial charge in [-0.05, 0) is 25.7 Å². The van der Waals surface area contributed by atoms with Gasteiger partial charge in [0, 0.05) is 19.0 Å². The molecule has 2 aliphatic rings. The maximum atomic E-state index is 11.4. The van der Waals surface area contributed by atoms with Crippen LogP contribution in [0.2, 0.25) is 0 Å². The van der Waals surface area contributed by atoms with Gasteiger partial charge in [0.05, 0.1) is 0 Å². The number of nitrogens with zero attached hydrogens (tertiary/aromatic N) is 1. The van der Waals surface area contributed by atoms with E-state index in [4.69, 9.17) is 0 Å². The largest absolute Gasteiger partial charge is 0.340 e. The second-order valence-corrected chi connectivity index (χ2v) is 3.63. The molecular formula is C9H15NO. The van der Waals surface area contributed by atoms with Crippen LogP contribution in [0.4, 0.5) is 0 Å². The molecule has 0 radical (unpaired) electrons. The molecule has 0 spiro atoms. The van der Waals surface area contributed by atoms with E-state index in [1.807, 2.05) is 0 Å². The van der Waals surface area contributed by atoms with Crippen LogP contribution < -0.4 is 0 Å². The highest BCUT2D eigenvalue weighted by Gasteiger charge is 2.29. The number of rotatable bonds is 0. The summed E-state index contributed by atoms with van der Waals surface area (Å²) in [4.78, 5) is 13.5. The molecular weight excluding hydrogens is 138 g/mol. The Bertz CT molecular complexity index is 167. The van der Waals surface area contributed by atoms with Crippen molar-refractivity contribution >= 4 is 5.91 Å². The lowest BCUT2D eigenvalue weighted by atomic mass is 10.1. The molecule has 2 nitrogen and oxygen atoms in total. The Hall–Kier alpha value is -0.530. The molecule has 62 valence electrons. The first-order valence-electron chi connectivity index (χ1n) is 4.67. The zero-order chi connectivity index (χ0) is 7.68. The molecule has 2 heteroatoms. The lowest BCUT2D eigenvalue weighted by molar-refractivity contribution is -0.131. The van der Waals surface area contributed by atoms with Gasteiger partial charge in [-0.25, -0.2) is 0 Å². The van der Waals surface area contributed by atoms with Gasteiger partial charge in [0.1, 0.15) is 0 Å². The summed E-state index contributed by atoms with van der Waals surface area (Å²) < 4.78 is 0. The smallest absolute Gasteiger partial charge is 0.222 e. The average molecular weight is 153 g/mol.